The highest BCUT2D eigenvalue weighted by molar-refractivity contribution is 8.01. The summed E-state index contributed by atoms with van der Waals surface area (Å²) in [5, 5.41) is 5.22. The molecule has 0 aromatic heterocycles. The van der Waals surface area contributed by atoms with Gasteiger partial charge in [-0.1, -0.05) is 35.5 Å². The number of hydrogen-bond donors (Lipinski definition) is 2. The third kappa shape index (κ3) is 2.25. The smallest absolute Gasteiger partial charge is 0.261 e. The lowest BCUT2D eigenvalue weighted by Crippen LogP contribution is -2.45. The fourth-order valence-electron chi connectivity index (χ4n) is 2.98. The molecule has 0 radical (unpaired) electrons. The molecule has 118 valence electrons. The zero-order chi connectivity index (χ0) is 16.2. The Balaban J connectivity index is 1.76. The van der Waals surface area contributed by atoms with Gasteiger partial charge < -0.3 is 5.32 Å². The summed E-state index contributed by atoms with van der Waals surface area (Å²) in [7, 11) is 1.87. The first-order valence-corrected chi connectivity index (χ1v) is 8.31. The van der Waals surface area contributed by atoms with E-state index in [9.17, 15) is 9.18 Å². The van der Waals surface area contributed by atoms with Crippen LogP contribution in [0, 0.1) is 5.82 Å². The first kappa shape index (κ1) is 15.0. The van der Waals surface area contributed by atoms with Crippen molar-refractivity contribution in [2.45, 2.75) is 10.2 Å². The van der Waals surface area contributed by atoms with Crippen molar-refractivity contribution in [1.82, 2.24) is 10.4 Å². The van der Waals surface area contributed by atoms with Crippen molar-refractivity contribution in [3.8, 4) is 0 Å². The van der Waals surface area contributed by atoms with Gasteiger partial charge in [-0.15, -0.1) is 0 Å². The van der Waals surface area contributed by atoms with Crippen molar-refractivity contribution in [2.75, 3.05) is 12.4 Å². The Kier molecular flexibility index (Phi) is 3.39. The summed E-state index contributed by atoms with van der Waals surface area (Å²) in [6.07, 6.45) is 0. The second kappa shape index (κ2) is 5.21. The van der Waals surface area contributed by atoms with E-state index < -0.39 is 4.87 Å². The topological polar surface area (TPSA) is 44.4 Å². The van der Waals surface area contributed by atoms with Crippen molar-refractivity contribution >= 4 is 35.0 Å². The Morgan fingerprint density at radius 2 is 2.00 bits per heavy atom. The number of carbonyl (C=O) groups is 1. The molecule has 1 fully saturated rings. The van der Waals surface area contributed by atoms with E-state index in [4.69, 9.17) is 11.6 Å². The number of nitrogens with zero attached hydrogens (tertiary/aromatic N) is 1. The van der Waals surface area contributed by atoms with Crippen LogP contribution in [0.25, 0.3) is 0 Å². The van der Waals surface area contributed by atoms with E-state index in [0.717, 1.165) is 16.8 Å². The lowest BCUT2D eigenvalue weighted by molar-refractivity contribution is -0.119. The number of thioether (sulfide) groups is 1. The van der Waals surface area contributed by atoms with Crippen LogP contribution >= 0.6 is 23.4 Å². The molecule has 2 heterocycles. The summed E-state index contributed by atoms with van der Waals surface area (Å²) in [4.78, 5) is 11.7. The minimum absolute atomic E-state index is 0.119. The van der Waals surface area contributed by atoms with Crippen molar-refractivity contribution < 1.29 is 9.18 Å². The molecular formula is C16H13ClFN3OS. The maximum atomic E-state index is 13.2. The molecule has 4 rings (SSSR count). The Morgan fingerprint density at radius 1 is 1.26 bits per heavy atom. The van der Waals surface area contributed by atoms with Crippen molar-refractivity contribution in [3.05, 3.63) is 64.4 Å². The summed E-state index contributed by atoms with van der Waals surface area (Å²) in [6, 6.07) is 11.7. The Labute approximate surface area is 142 Å². The number of nitrogens with one attached hydrogen (secondary N) is 2. The number of carbonyl (C=O) groups excluding carboxylic acids is 1. The molecule has 2 aromatic rings. The minimum Gasteiger partial charge on any atom is -0.323 e. The number of halogens is 2. The van der Waals surface area contributed by atoms with Crippen molar-refractivity contribution in [2.24, 2.45) is 0 Å². The average Bonchev–Trinajstić information content (AvgIpc) is 3.00. The first-order valence-electron chi connectivity index (χ1n) is 7.05. The SMILES string of the molecule is CN1NC2(SC1c1ccc(F)cc1)C(=O)Nc1ccc(Cl)cc12. The van der Waals surface area contributed by atoms with Crippen LogP contribution < -0.4 is 10.7 Å². The number of hydrogen-bond acceptors (Lipinski definition) is 4. The third-order valence-corrected chi connectivity index (χ3v) is 5.95. The fraction of sp³-hybridized carbons (Fsp3) is 0.188. The van der Waals surface area contributed by atoms with Crippen LogP contribution in [-0.4, -0.2) is 18.0 Å². The molecule has 2 aliphatic rings. The number of benzene rings is 2. The molecule has 1 amide bonds. The predicted molar refractivity (Wildman–Crippen MR) is 89.4 cm³/mol. The zero-order valence-corrected chi connectivity index (χ0v) is 13.7. The highest BCUT2D eigenvalue weighted by Gasteiger charge is 2.55. The molecule has 4 nitrogen and oxygen atoms in total. The Hall–Kier alpha value is -1.60. The van der Waals surface area contributed by atoms with Crippen molar-refractivity contribution in [3.63, 3.8) is 0 Å². The summed E-state index contributed by atoms with van der Waals surface area (Å²) >= 11 is 7.58. The van der Waals surface area contributed by atoms with Gasteiger partial charge in [0.25, 0.3) is 5.91 Å². The molecule has 2 atom stereocenters. The van der Waals surface area contributed by atoms with Gasteiger partial charge in [-0.3, -0.25) is 4.79 Å². The van der Waals surface area contributed by atoms with Crippen LogP contribution in [-0.2, 0) is 9.67 Å². The molecule has 2 aliphatic heterocycles. The fourth-order valence-corrected chi connectivity index (χ4v) is 4.64. The monoisotopic (exact) mass is 349 g/mol. The number of anilines is 1. The summed E-state index contributed by atoms with van der Waals surface area (Å²) < 4.78 is 13.2. The van der Waals surface area contributed by atoms with Gasteiger partial charge in [0.1, 0.15) is 5.82 Å². The van der Waals surface area contributed by atoms with Crippen LogP contribution in [0.4, 0.5) is 10.1 Å². The van der Waals surface area contributed by atoms with Gasteiger partial charge in [-0.2, -0.15) is 0 Å². The summed E-state index contributed by atoms with van der Waals surface area (Å²) in [6.45, 7) is 0. The van der Waals surface area contributed by atoms with Gasteiger partial charge >= 0.3 is 0 Å². The van der Waals surface area contributed by atoms with Crippen LogP contribution in [0.15, 0.2) is 42.5 Å². The molecule has 1 saturated heterocycles. The maximum Gasteiger partial charge on any atom is 0.261 e. The van der Waals surface area contributed by atoms with Gasteiger partial charge in [0.2, 0.25) is 0 Å². The molecule has 0 bridgehead atoms. The average molecular weight is 350 g/mol. The van der Waals surface area contributed by atoms with Gasteiger partial charge in [0.05, 0.1) is 5.37 Å². The number of hydrazine groups is 1. The molecule has 2 aromatic carbocycles. The van der Waals surface area contributed by atoms with E-state index >= 15 is 0 Å². The van der Waals surface area contributed by atoms with E-state index in [2.05, 4.69) is 10.7 Å². The first-order chi connectivity index (χ1) is 11.0. The maximum absolute atomic E-state index is 13.2. The van der Waals surface area contributed by atoms with Crippen LogP contribution in [0.3, 0.4) is 0 Å². The van der Waals surface area contributed by atoms with Gasteiger partial charge in [0, 0.05) is 23.3 Å². The van der Waals surface area contributed by atoms with E-state index in [1.54, 1.807) is 30.3 Å². The molecule has 2 N–H and O–H groups in total. The summed E-state index contributed by atoms with van der Waals surface area (Å²) in [5.74, 6) is -0.408. The molecule has 7 heteroatoms. The highest BCUT2D eigenvalue weighted by Crippen LogP contribution is 2.55. The second-order valence-corrected chi connectivity index (χ2v) is 7.30. The number of amides is 1. The van der Waals surface area contributed by atoms with Crippen LogP contribution in [0.1, 0.15) is 16.5 Å². The lowest BCUT2D eigenvalue weighted by Gasteiger charge is -2.21. The largest absolute Gasteiger partial charge is 0.323 e. The molecule has 2 unspecified atom stereocenters. The number of fused-ring (bicyclic) bond motifs is 2. The lowest BCUT2D eigenvalue weighted by atomic mass is 10.1. The van der Waals surface area contributed by atoms with E-state index in [0.29, 0.717) is 5.02 Å². The van der Waals surface area contributed by atoms with Gasteiger partial charge in [0.15, 0.2) is 4.87 Å². The second-order valence-electron chi connectivity index (χ2n) is 5.57. The van der Waals surface area contributed by atoms with Crippen LogP contribution in [0.2, 0.25) is 5.02 Å². The molecule has 23 heavy (non-hydrogen) atoms. The van der Waals surface area contributed by atoms with Gasteiger partial charge in [-0.05, 0) is 35.9 Å². The van der Waals surface area contributed by atoms with Crippen molar-refractivity contribution in [1.29, 1.82) is 0 Å². The standard InChI is InChI=1S/C16H13ClFN3OS/c1-21-14(9-2-5-11(18)6-3-9)23-16(20-21)12-8-10(17)4-7-13(12)19-15(16)22/h2-8,14,20H,1H3,(H,19,22). The van der Waals surface area contributed by atoms with Crippen LogP contribution in [0.5, 0.6) is 0 Å². The zero-order valence-electron chi connectivity index (χ0n) is 12.1. The summed E-state index contributed by atoms with van der Waals surface area (Å²) in [5.41, 5.74) is 5.75. The number of rotatable bonds is 1. The molecule has 0 saturated carbocycles. The van der Waals surface area contributed by atoms with Gasteiger partial charge in [-0.25, -0.2) is 14.8 Å². The molecule has 1 spiro atoms. The molecular weight excluding hydrogens is 337 g/mol. The minimum atomic E-state index is -0.923. The Bertz CT molecular complexity index is 800. The van der Waals surface area contributed by atoms with E-state index in [1.807, 2.05) is 12.1 Å². The highest BCUT2D eigenvalue weighted by atomic mass is 35.5. The van der Waals surface area contributed by atoms with E-state index in [-0.39, 0.29) is 17.1 Å². The van der Waals surface area contributed by atoms with E-state index in [1.165, 1.54) is 23.9 Å². The third-order valence-electron chi connectivity index (χ3n) is 4.06. The predicted octanol–water partition coefficient (Wildman–Crippen LogP) is 3.47. The Morgan fingerprint density at radius 3 is 2.74 bits per heavy atom. The normalized spacial score (nSPS) is 26.6. The molecule has 0 aliphatic carbocycles. The quantitative estimate of drug-likeness (QED) is 0.827.